The number of aromatic nitrogens is 1. The number of aliphatic hydroxyl groups is 1. The number of aryl methyl sites for hydroxylation is 1. The number of nitrogens with zero attached hydrogens (tertiary/aromatic N) is 3. The Labute approximate surface area is 401 Å². The largest absolute Gasteiger partial charge is 0.494 e. The third-order valence-corrected chi connectivity index (χ3v) is 12.5. The number of carbonyl (C=O) groups excluding carboxylic acids is 5. The van der Waals surface area contributed by atoms with Crippen LogP contribution in [0.5, 0.6) is 17.2 Å². The van der Waals surface area contributed by atoms with Crippen molar-refractivity contribution in [3.63, 3.8) is 0 Å². The maximum Gasteiger partial charge on any atom is 0.246 e. The highest BCUT2D eigenvalue weighted by Gasteiger charge is 2.44. The van der Waals surface area contributed by atoms with Crippen molar-refractivity contribution >= 4 is 58.2 Å². The van der Waals surface area contributed by atoms with E-state index in [1.807, 2.05) is 107 Å². The molecule has 2 heterocycles. The number of benzene rings is 4. The van der Waals surface area contributed by atoms with Crippen LogP contribution < -0.4 is 30.3 Å². The standard InChI is InChI=1S/C51H59ClN6O8S/c1-34-47(67-33-55-34)37-14-12-35(13-15-37)30-54-49(63)43-28-39(59)32-58(43)50(64)48(51(2,3)4)56-45(61)25-24-44(60)53-26-8-9-27-65-40-20-22-42(23-21-40)66-41-18-16-38(17-19-41)57(46(62)29-52)31-36-10-6-5-7-11-36/h5-7,10-23,33,39,43,48,59H,8-9,24-32H2,1-4H3,(H,53,60)(H,54,63)(H,56,61)/t39-,43-,48+/m1/s1. The van der Waals surface area contributed by atoms with Crippen LogP contribution >= 0.6 is 22.9 Å². The molecule has 1 aliphatic heterocycles. The zero-order valence-electron chi connectivity index (χ0n) is 38.3. The molecule has 16 heteroatoms. The van der Waals surface area contributed by atoms with E-state index < -0.39 is 35.4 Å². The number of carbonyl (C=O) groups is 5. The molecule has 0 bridgehead atoms. The van der Waals surface area contributed by atoms with Crippen LogP contribution in [0.15, 0.2) is 109 Å². The van der Waals surface area contributed by atoms with Crippen molar-refractivity contribution in [1.82, 2.24) is 25.8 Å². The van der Waals surface area contributed by atoms with Gasteiger partial charge in [0.05, 0.1) is 35.3 Å². The second-order valence-corrected chi connectivity index (χ2v) is 18.6. The van der Waals surface area contributed by atoms with Crippen LogP contribution in [-0.2, 0) is 37.1 Å². The van der Waals surface area contributed by atoms with Gasteiger partial charge in [-0.25, -0.2) is 4.98 Å². The van der Waals surface area contributed by atoms with Gasteiger partial charge in [0, 0.05) is 44.6 Å². The molecule has 354 valence electrons. The lowest BCUT2D eigenvalue weighted by Crippen LogP contribution is -2.57. The predicted octanol–water partition coefficient (Wildman–Crippen LogP) is 7.55. The number of unbranched alkanes of at least 4 members (excludes halogenated alkanes) is 1. The van der Waals surface area contributed by atoms with E-state index in [-0.39, 0.29) is 56.0 Å². The third kappa shape index (κ3) is 14.6. The lowest BCUT2D eigenvalue weighted by atomic mass is 9.85. The van der Waals surface area contributed by atoms with Crippen molar-refractivity contribution in [3.05, 3.63) is 125 Å². The summed E-state index contributed by atoms with van der Waals surface area (Å²) in [6.07, 6.45) is 0.333. The Kier molecular flexibility index (Phi) is 17.9. The van der Waals surface area contributed by atoms with Crippen molar-refractivity contribution in [3.8, 4) is 27.7 Å². The van der Waals surface area contributed by atoms with Gasteiger partial charge in [0.15, 0.2) is 0 Å². The van der Waals surface area contributed by atoms with E-state index in [1.54, 1.807) is 46.0 Å². The Morgan fingerprint density at radius 3 is 2.15 bits per heavy atom. The van der Waals surface area contributed by atoms with E-state index in [2.05, 4.69) is 20.9 Å². The van der Waals surface area contributed by atoms with Gasteiger partial charge in [0.1, 0.15) is 35.2 Å². The molecule has 0 aliphatic carbocycles. The van der Waals surface area contributed by atoms with E-state index in [0.29, 0.717) is 55.5 Å². The highest BCUT2D eigenvalue weighted by molar-refractivity contribution is 7.13. The van der Waals surface area contributed by atoms with E-state index in [4.69, 9.17) is 21.1 Å². The molecule has 14 nitrogen and oxygen atoms in total. The monoisotopic (exact) mass is 950 g/mol. The molecular weight excluding hydrogens is 892 g/mol. The van der Waals surface area contributed by atoms with Gasteiger partial charge in [-0.3, -0.25) is 24.0 Å². The van der Waals surface area contributed by atoms with Crippen LogP contribution in [-0.4, -0.2) is 88.3 Å². The molecule has 5 amide bonds. The summed E-state index contributed by atoms with van der Waals surface area (Å²) in [4.78, 5) is 74.2. The average Bonchev–Trinajstić information content (AvgIpc) is 3.95. The minimum atomic E-state index is -0.995. The molecule has 67 heavy (non-hydrogen) atoms. The molecule has 0 unspecified atom stereocenters. The zero-order chi connectivity index (χ0) is 47.9. The molecule has 3 atom stereocenters. The first-order valence-corrected chi connectivity index (χ1v) is 23.8. The zero-order valence-corrected chi connectivity index (χ0v) is 39.9. The summed E-state index contributed by atoms with van der Waals surface area (Å²) in [6, 6.07) is 30.1. The lowest BCUT2D eigenvalue weighted by Gasteiger charge is -2.35. The molecular formula is C51H59ClN6O8S. The summed E-state index contributed by atoms with van der Waals surface area (Å²) in [5, 5.41) is 19.1. The number of aliphatic hydroxyl groups excluding tert-OH is 1. The number of rotatable bonds is 21. The number of halogens is 1. The third-order valence-electron chi connectivity index (χ3n) is 11.3. The number of ether oxygens (including phenoxy) is 2. The molecule has 0 spiro atoms. The van der Waals surface area contributed by atoms with Gasteiger partial charge >= 0.3 is 0 Å². The molecule has 0 radical (unpaired) electrons. The highest BCUT2D eigenvalue weighted by atomic mass is 35.5. The second kappa shape index (κ2) is 23.9. The van der Waals surface area contributed by atoms with Gasteiger partial charge in [0.25, 0.3) is 0 Å². The predicted molar refractivity (Wildman–Crippen MR) is 260 cm³/mol. The second-order valence-electron chi connectivity index (χ2n) is 17.5. The number of alkyl halides is 1. The van der Waals surface area contributed by atoms with E-state index >= 15 is 0 Å². The van der Waals surface area contributed by atoms with Crippen LogP contribution in [0, 0.1) is 12.3 Å². The minimum absolute atomic E-state index is 0.0367. The Morgan fingerprint density at radius 2 is 1.51 bits per heavy atom. The molecule has 4 aromatic carbocycles. The molecule has 1 aromatic heterocycles. The molecule has 0 saturated carbocycles. The number of hydrogen-bond donors (Lipinski definition) is 4. The summed E-state index contributed by atoms with van der Waals surface area (Å²) in [7, 11) is 0. The normalized spacial score (nSPS) is 15.0. The van der Waals surface area contributed by atoms with Crippen LogP contribution in [0.1, 0.15) is 69.7 Å². The molecule has 5 aromatic rings. The highest BCUT2D eigenvalue weighted by Crippen LogP contribution is 2.30. The first-order chi connectivity index (χ1) is 32.2. The first kappa shape index (κ1) is 50.1. The molecule has 1 aliphatic rings. The van der Waals surface area contributed by atoms with Crippen LogP contribution in [0.4, 0.5) is 5.69 Å². The fraction of sp³-hybridized carbons (Fsp3) is 0.373. The molecule has 4 N–H and O–H groups in total. The van der Waals surface area contributed by atoms with Crippen molar-refractivity contribution in [2.24, 2.45) is 5.41 Å². The summed E-state index contributed by atoms with van der Waals surface area (Å²) in [6.45, 7) is 8.84. The maximum absolute atomic E-state index is 14.0. The van der Waals surface area contributed by atoms with Gasteiger partial charge in [-0.2, -0.15) is 0 Å². The summed E-state index contributed by atoms with van der Waals surface area (Å²) < 4.78 is 11.9. The summed E-state index contributed by atoms with van der Waals surface area (Å²) >= 11 is 7.47. The van der Waals surface area contributed by atoms with E-state index in [1.165, 1.54) is 4.90 Å². The van der Waals surface area contributed by atoms with E-state index in [9.17, 15) is 29.1 Å². The number of thiazole rings is 1. The molecule has 1 saturated heterocycles. The average molecular weight is 952 g/mol. The lowest BCUT2D eigenvalue weighted by molar-refractivity contribution is -0.144. The van der Waals surface area contributed by atoms with Gasteiger partial charge in [-0.05, 0) is 90.4 Å². The first-order valence-electron chi connectivity index (χ1n) is 22.4. The number of β-amino-alcohol motifs (C(OH)–C–C–N with tert-alkyl or cyclic N) is 1. The van der Waals surface area contributed by atoms with Crippen LogP contribution in [0.25, 0.3) is 10.4 Å². The Morgan fingerprint density at radius 1 is 0.851 bits per heavy atom. The van der Waals surface area contributed by atoms with Gasteiger partial charge in [-0.15, -0.1) is 22.9 Å². The fourth-order valence-corrected chi connectivity index (χ4v) is 8.53. The van der Waals surface area contributed by atoms with Crippen molar-refractivity contribution < 1.29 is 38.6 Å². The smallest absolute Gasteiger partial charge is 0.246 e. The summed E-state index contributed by atoms with van der Waals surface area (Å²) in [5.74, 6) is -0.0473. The van der Waals surface area contributed by atoms with E-state index in [0.717, 1.165) is 27.3 Å². The topological polar surface area (TPSA) is 179 Å². The quantitative estimate of drug-likeness (QED) is 0.0427. The molecule has 1 fully saturated rings. The summed E-state index contributed by atoms with van der Waals surface area (Å²) in [5.41, 5.74) is 5.66. The number of nitrogens with one attached hydrogen (secondary N) is 3. The fourth-order valence-electron chi connectivity index (χ4n) is 7.57. The van der Waals surface area contributed by atoms with Gasteiger partial charge in [0.2, 0.25) is 29.5 Å². The van der Waals surface area contributed by atoms with Crippen LogP contribution in [0.3, 0.4) is 0 Å². The number of likely N-dealkylation sites (tertiary alicyclic amines) is 1. The number of anilines is 1. The Balaban J connectivity index is 0.875. The van der Waals surface area contributed by atoms with Gasteiger partial charge in [-0.1, -0.05) is 75.4 Å². The Bertz CT molecular complexity index is 2430. The van der Waals surface area contributed by atoms with Crippen molar-refractivity contribution in [2.45, 2.75) is 91.1 Å². The SMILES string of the molecule is Cc1ncsc1-c1ccc(CNC(=O)[C@H]2C[C@@H](O)CN2C(=O)[C@H](NC(=O)CCC(=O)NCCCCOc2ccc(Oc3ccc(N(Cc4ccccc4)C(=O)CCl)cc3)cc2)C(C)(C)C)cc1. The van der Waals surface area contributed by atoms with Crippen molar-refractivity contribution in [2.75, 3.05) is 30.5 Å². The molecule has 6 rings (SSSR count). The van der Waals surface area contributed by atoms with Crippen LogP contribution in [0.2, 0.25) is 0 Å². The van der Waals surface area contributed by atoms with Crippen molar-refractivity contribution in [1.29, 1.82) is 0 Å². The Hall–Kier alpha value is -6.29. The number of amides is 5. The number of hydrogen-bond acceptors (Lipinski definition) is 10. The maximum atomic E-state index is 14.0. The minimum Gasteiger partial charge on any atom is -0.494 e. The van der Waals surface area contributed by atoms with Gasteiger partial charge < -0.3 is 40.3 Å².